The number of fused-ring (bicyclic) bond motifs is 1. The van der Waals surface area contributed by atoms with Crippen molar-refractivity contribution in [1.82, 2.24) is 9.55 Å². The summed E-state index contributed by atoms with van der Waals surface area (Å²) >= 11 is 1.62. The minimum Gasteiger partial charge on any atom is -0.295 e. The summed E-state index contributed by atoms with van der Waals surface area (Å²) in [5.41, 5.74) is 3.13. The highest BCUT2D eigenvalue weighted by Gasteiger charge is 2.29. The average Bonchev–Trinajstić information content (AvgIpc) is 2.74. The molecule has 0 radical (unpaired) electrons. The largest absolute Gasteiger partial charge is 0.295 e. The van der Waals surface area contributed by atoms with Crippen LogP contribution < -0.4 is 0 Å². The van der Waals surface area contributed by atoms with E-state index in [4.69, 9.17) is 0 Å². The quantitative estimate of drug-likeness (QED) is 0.783. The summed E-state index contributed by atoms with van der Waals surface area (Å²) in [5, 5.41) is 0.947. The lowest BCUT2D eigenvalue weighted by atomic mass is 9.79. The topological polar surface area (TPSA) is 34.9 Å². The van der Waals surface area contributed by atoms with Crippen molar-refractivity contribution < 1.29 is 4.79 Å². The van der Waals surface area contributed by atoms with Crippen molar-refractivity contribution in [3.05, 3.63) is 30.3 Å². The molecule has 1 aromatic carbocycles. The van der Waals surface area contributed by atoms with Crippen molar-refractivity contribution in [2.45, 2.75) is 31.8 Å². The Hall–Kier alpha value is -1.55. The lowest BCUT2D eigenvalue weighted by molar-refractivity contribution is -0.116. The van der Waals surface area contributed by atoms with Crippen LogP contribution in [0.2, 0.25) is 0 Å². The fourth-order valence-corrected chi connectivity index (χ4v) is 3.46. The summed E-state index contributed by atoms with van der Waals surface area (Å²) in [7, 11) is 0. The first kappa shape index (κ1) is 13.4. The van der Waals surface area contributed by atoms with Crippen molar-refractivity contribution in [2.75, 3.05) is 6.26 Å². The first-order chi connectivity index (χ1) is 9.50. The molecule has 104 valence electrons. The van der Waals surface area contributed by atoms with Gasteiger partial charge >= 0.3 is 0 Å². The van der Waals surface area contributed by atoms with Gasteiger partial charge in [-0.15, -0.1) is 0 Å². The van der Waals surface area contributed by atoms with Crippen molar-refractivity contribution >= 4 is 34.3 Å². The number of allylic oxidation sites excluding steroid dienone is 2. The first-order valence-electron chi connectivity index (χ1n) is 6.75. The van der Waals surface area contributed by atoms with E-state index in [9.17, 15) is 4.79 Å². The minimum atomic E-state index is 0.0161. The smallest absolute Gasteiger partial charge is 0.173 e. The molecule has 3 rings (SSSR count). The van der Waals surface area contributed by atoms with Crippen LogP contribution in [0.3, 0.4) is 0 Å². The van der Waals surface area contributed by atoms with Gasteiger partial charge in [0.25, 0.3) is 0 Å². The van der Waals surface area contributed by atoms with Crippen LogP contribution in [0.15, 0.2) is 35.5 Å². The van der Waals surface area contributed by atoms with Crippen LogP contribution in [0.1, 0.15) is 26.7 Å². The second-order valence-electron chi connectivity index (χ2n) is 6.04. The van der Waals surface area contributed by atoms with E-state index >= 15 is 0 Å². The molecule has 0 aliphatic heterocycles. The molecule has 0 amide bonds. The van der Waals surface area contributed by atoms with Gasteiger partial charge in [-0.2, -0.15) is 0 Å². The molecule has 1 aliphatic rings. The molecule has 0 atom stereocenters. The standard InChI is InChI=1S/C16H18N2OS/c1-16(2)9-11(8-12(19)10-16)18-14-7-5-4-6-13(14)17-15(18)20-3/h4-8H,9-10H2,1-3H3. The molecule has 0 saturated heterocycles. The Morgan fingerprint density at radius 2 is 2.00 bits per heavy atom. The summed E-state index contributed by atoms with van der Waals surface area (Å²) < 4.78 is 2.14. The number of rotatable bonds is 2. The van der Waals surface area contributed by atoms with Gasteiger partial charge in [-0.1, -0.05) is 37.7 Å². The van der Waals surface area contributed by atoms with E-state index in [0.29, 0.717) is 6.42 Å². The molecule has 0 saturated carbocycles. The number of thioether (sulfide) groups is 1. The Bertz CT molecular complexity index is 712. The summed E-state index contributed by atoms with van der Waals surface area (Å²) in [4.78, 5) is 16.7. The summed E-state index contributed by atoms with van der Waals surface area (Å²) in [6.45, 7) is 4.30. The Balaban J connectivity index is 2.21. The van der Waals surface area contributed by atoms with Crippen molar-refractivity contribution in [2.24, 2.45) is 5.41 Å². The van der Waals surface area contributed by atoms with Crippen molar-refractivity contribution in [1.29, 1.82) is 0 Å². The van der Waals surface area contributed by atoms with Crippen LogP contribution >= 0.6 is 11.8 Å². The van der Waals surface area contributed by atoms with Crippen molar-refractivity contribution in [3.63, 3.8) is 0 Å². The molecule has 0 unspecified atom stereocenters. The number of hydrogen-bond donors (Lipinski definition) is 0. The van der Waals surface area contributed by atoms with Gasteiger partial charge in [-0.05, 0) is 30.2 Å². The number of aromatic nitrogens is 2. The maximum atomic E-state index is 12.0. The number of ketones is 1. The monoisotopic (exact) mass is 286 g/mol. The van der Waals surface area contributed by atoms with Gasteiger partial charge in [0.05, 0.1) is 11.0 Å². The van der Waals surface area contributed by atoms with Crippen LogP contribution in [0, 0.1) is 5.41 Å². The normalized spacial score (nSPS) is 18.4. The van der Waals surface area contributed by atoms with Gasteiger partial charge in [0.2, 0.25) is 0 Å². The Morgan fingerprint density at radius 1 is 1.25 bits per heavy atom. The number of carbonyl (C=O) groups is 1. The lowest BCUT2D eigenvalue weighted by Gasteiger charge is -2.29. The summed E-state index contributed by atoms with van der Waals surface area (Å²) in [5.74, 6) is 0.209. The Morgan fingerprint density at radius 3 is 2.70 bits per heavy atom. The zero-order valence-electron chi connectivity index (χ0n) is 12.0. The maximum absolute atomic E-state index is 12.0. The van der Waals surface area contributed by atoms with E-state index in [-0.39, 0.29) is 11.2 Å². The molecule has 1 aromatic heterocycles. The van der Waals surface area contributed by atoms with Gasteiger partial charge < -0.3 is 0 Å². The SMILES string of the molecule is CSc1nc2ccccc2n1C1=CC(=O)CC(C)(C)C1. The van der Waals surface area contributed by atoms with Gasteiger partial charge in [0.15, 0.2) is 10.9 Å². The number of nitrogens with zero attached hydrogens (tertiary/aromatic N) is 2. The van der Waals surface area contributed by atoms with Gasteiger partial charge in [-0.3, -0.25) is 9.36 Å². The van der Waals surface area contributed by atoms with Crippen LogP contribution in [-0.4, -0.2) is 21.6 Å². The molecular formula is C16H18N2OS. The van der Waals surface area contributed by atoms with Crippen LogP contribution in [0.25, 0.3) is 16.7 Å². The van der Waals surface area contributed by atoms with Gasteiger partial charge in [0, 0.05) is 18.2 Å². The second-order valence-corrected chi connectivity index (χ2v) is 6.82. The molecule has 1 aliphatic carbocycles. The van der Waals surface area contributed by atoms with E-state index in [1.54, 1.807) is 17.8 Å². The van der Waals surface area contributed by atoms with E-state index in [2.05, 4.69) is 29.5 Å². The number of para-hydroxylation sites is 2. The molecule has 20 heavy (non-hydrogen) atoms. The number of benzene rings is 1. The van der Waals surface area contributed by atoms with Gasteiger partial charge in [0.1, 0.15) is 0 Å². The van der Waals surface area contributed by atoms with E-state index < -0.39 is 0 Å². The zero-order chi connectivity index (χ0) is 14.3. The Kier molecular flexibility index (Phi) is 3.21. The second kappa shape index (κ2) is 4.77. The minimum absolute atomic E-state index is 0.0161. The van der Waals surface area contributed by atoms with Gasteiger partial charge in [-0.25, -0.2) is 4.98 Å². The molecule has 1 heterocycles. The molecular weight excluding hydrogens is 268 g/mol. The zero-order valence-corrected chi connectivity index (χ0v) is 12.8. The van der Waals surface area contributed by atoms with Crippen LogP contribution in [0.5, 0.6) is 0 Å². The molecule has 2 aromatic rings. The van der Waals surface area contributed by atoms with E-state index in [0.717, 1.165) is 28.3 Å². The third-order valence-corrected chi connectivity index (χ3v) is 4.28. The van der Waals surface area contributed by atoms with Crippen LogP contribution in [0.4, 0.5) is 0 Å². The van der Waals surface area contributed by atoms with E-state index in [1.165, 1.54) is 0 Å². The molecule has 0 spiro atoms. The maximum Gasteiger partial charge on any atom is 0.173 e. The molecule has 0 bridgehead atoms. The lowest BCUT2D eigenvalue weighted by Crippen LogP contribution is -2.23. The Labute approximate surface area is 123 Å². The third-order valence-electron chi connectivity index (χ3n) is 3.64. The fourth-order valence-electron chi connectivity index (χ4n) is 2.87. The van der Waals surface area contributed by atoms with Crippen LogP contribution in [-0.2, 0) is 4.79 Å². The molecule has 4 heteroatoms. The number of imidazole rings is 1. The number of carbonyl (C=O) groups excluding carboxylic acids is 1. The number of hydrogen-bond acceptors (Lipinski definition) is 3. The average molecular weight is 286 g/mol. The van der Waals surface area contributed by atoms with Crippen molar-refractivity contribution in [3.8, 4) is 0 Å². The molecule has 0 N–H and O–H groups in total. The third kappa shape index (κ3) is 2.29. The fraction of sp³-hybridized carbons (Fsp3) is 0.375. The highest BCUT2D eigenvalue weighted by molar-refractivity contribution is 7.98. The highest BCUT2D eigenvalue weighted by Crippen LogP contribution is 2.38. The van der Waals surface area contributed by atoms with E-state index in [1.807, 2.05) is 24.5 Å². The first-order valence-corrected chi connectivity index (χ1v) is 7.98. The summed E-state index contributed by atoms with van der Waals surface area (Å²) in [6, 6.07) is 8.09. The highest BCUT2D eigenvalue weighted by atomic mass is 32.2. The predicted octanol–water partition coefficient (Wildman–Crippen LogP) is 3.99. The molecule has 3 nitrogen and oxygen atoms in total. The molecule has 0 fully saturated rings. The summed E-state index contributed by atoms with van der Waals surface area (Å²) in [6.07, 6.45) is 5.33. The predicted molar refractivity (Wildman–Crippen MR) is 83.8 cm³/mol.